The Morgan fingerprint density at radius 3 is 2.44 bits per heavy atom. The molecule has 0 aliphatic carbocycles. The van der Waals surface area contributed by atoms with Gasteiger partial charge in [-0.3, -0.25) is 4.90 Å². The van der Waals surface area contributed by atoms with Crippen molar-refractivity contribution in [2.75, 3.05) is 36.4 Å². The highest BCUT2D eigenvalue weighted by Gasteiger charge is 2.28. The number of nitrogens with zero attached hydrogens (tertiary/aromatic N) is 5. The third-order valence-electron chi connectivity index (χ3n) is 6.61. The van der Waals surface area contributed by atoms with Crippen LogP contribution >= 0.6 is 11.6 Å². The van der Waals surface area contributed by atoms with E-state index in [9.17, 15) is 8.78 Å². The summed E-state index contributed by atoms with van der Waals surface area (Å²) in [7, 11) is 0. The zero-order chi connectivity index (χ0) is 24.6. The zero-order valence-corrected chi connectivity index (χ0v) is 21.0. The number of fused-ring (bicyclic) bond motifs is 1. The number of rotatable bonds is 6. The molecule has 2 aromatic heterocycles. The molecule has 0 radical (unpaired) electrons. The maximum Gasteiger partial charge on any atom is 0.270 e. The number of aromatic nitrogens is 3. The molecule has 1 aliphatic rings. The number of pyridine rings is 1. The molecule has 0 spiro atoms. The highest BCUT2D eigenvalue weighted by atomic mass is 35.5. The number of alkyl halides is 2. The van der Waals surface area contributed by atoms with Crippen molar-refractivity contribution < 1.29 is 8.78 Å². The van der Waals surface area contributed by atoms with E-state index in [4.69, 9.17) is 11.6 Å². The number of hydrogen-bond acceptors (Lipinski definition) is 6. The highest BCUT2D eigenvalue weighted by molar-refractivity contribution is 6.32. The van der Waals surface area contributed by atoms with Crippen molar-refractivity contribution in [2.45, 2.75) is 52.6 Å². The standard InChI is InChI=1S/C25H31ClF2N6/c1-15(2)33-9-11-34(12-10-33)21-13-19-23(29-14-30-24(19)32-22(21)26)31-17(4)18-7-6-8-20(16(18)3)25(5,27)28/h6-8,13-15,17H,9-12H2,1-5H3,(H,29,30,31,32)/t17-/m1/s1. The van der Waals surface area contributed by atoms with Gasteiger partial charge in [0.2, 0.25) is 0 Å². The van der Waals surface area contributed by atoms with Crippen LogP contribution in [-0.2, 0) is 5.92 Å². The lowest BCUT2D eigenvalue weighted by Crippen LogP contribution is -2.49. The first-order valence-electron chi connectivity index (χ1n) is 11.6. The fourth-order valence-corrected chi connectivity index (χ4v) is 4.91. The van der Waals surface area contributed by atoms with Crippen molar-refractivity contribution in [3.63, 3.8) is 0 Å². The van der Waals surface area contributed by atoms with E-state index in [-0.39, 0.29) is 11.6 Å². The van der Waals surface area contributed by atoms with Crippen molar-refractivity contribution in [1.29, 1.82) is 0 Å². The SMILES string of the molecule is Cc1c([C@@H](C)Nc2ncnc3nc(Cl)c(N4CCN(C(C)C)CC4)cc23)cccc1C(C)(F)F. The minimum atomic E-state index is -2.91. The van der Waals surface area contributed by atoms with Crippen molar-refractivity contribution in [2.24, 2.45) is 0 Å². The summed E-state index contributed by atoms with van der Waals surface area (Å²) >= 11 is 6.55. The van der Waals surface area contributed by atoms with Gasteiger partial charge in [0.15, 0.2) is 10.8 Å². The molecule has 182 valence electrons. The third kappa shape index (κ3) is 4.93. The van der Waals surface area contributed by atoms with Crippen LogP contribution in [0.3, 0.4) is 0 Å². The lowest BCUT2D eigenvalue weighted by molar-refractivity contribution is 0.0167. The Labute approximate surface area is 204 Å². The first-order chi connectivity index (χ1) is 16.1. The molecular weight excluding hydrogens is 458 g/mol. The molecule has 1 N–H and O–H groups in total. The summed E-state index contributed by atoms with van der Waals surface area (Å²) in [4.78, 5) is 17.9. The maximum atomic E-state index is 14.1. The Morgan fingerprint density at radius 2 is 1.79 bits per heavy atom. The summed E-state index contributed by atoms with van der Waals surface area (Å²) in [6, 6.07) is 7.24. The molecule has 9 heteroatoms. The monoisotopic (exact) mass is 488 g/mol. The Bertz CT molecular complexity index is 1170. The number of halogens is 3. The van der Waals surface area contributed by atoms with Gasteiger partial charge < -0.3 is 10.2 Å². The number of nitrogens with one attached hydrogen (secondary N) is 1. The van der Waals surface area contributed by atoms with Crippen molar-refractivity contribution in [3.8, 4) is 0 Å². The normalized spacial score (nSPS) is 16.3. The molecule has 0 bridgehead atoms. The van der Waals surface area contributed by atoms with E-state index < -0.39 is 5.92 Å². The molecule has 34 heavy (non-hydrogen) atoms. The molecule has 1 fully saturated rings. The summed E-state index contributed by atoms with van der Waals surface area (Å²) in [6.45, 7) is 12.6. The van der Waals surface area contributed by atoms with Crippen LogP contribution in [0.5, 0.6) is 0 Å². The first kappa shape index (κ1) is 24.5. The molecule has 1 atom stereocenters. The molecule has 3 heterocycles. The minimum absolute atomic E-state index is 0.0301. The van der Waals surface area contributed by atoms with Crippen LogP contribution in [0, 0.1) is 6.92 Å². The molecule has 4 rings (SSSR count). The van der Waals surface area contributed by atoms with Crippen LogP contribution in [0.1, 0.15) is 50.4 Å². The molecule has 6 nitrogen and oxygen atoms in total. The molecule has 0 saturated carbocycles. The Kier molecular flexibility index (Phi) is 6.92. The van der Waals surface area contributed by atoms with Crippen molar-refractivity contribution in [1.82, 2.24) is 19.9 Å². The van der Waals surface area contributed by atoms with E-state index in [2.05, 4.69) is 43.9 Å². The predicted octanol–water partition coefficient (Wildman–Crippen LogP) is 5.80. The van der Waals surface area contributed by atoms with E-state index in [0.29, 0.717) is 28.2 Å². The Morgan fingerprint density at radius 1 is 1.09 bits per heavy atom. The largest absolute Gasteiger partial charge is 0.366 e. The van der Waals surface area contributed by atoms with Crippen LogP contribution in [-0.4, -0.2) is 52.1 Å². The molecule has 3 aromatic rings. The van der Waals surface area contributed by atoms with Gasteiger partial charge in [0.05, 0.1) is 17.1 Å². The number of benzene rings is 1. The fraction of sp³-hybridized carbons (Fsp3) is 0.480. The summed E-state index contributed by atoms with van der Waals surface area (Å²) in [5, 5.41) is 4.55. The smallest absolute Gasteiger partial charge is 0.270 e. The van der Waals surface area contributed by atoms with E-state index in [1.807, 2.05) is 19.1 Å². The maximum absolute atomic E-state index is 14.1. The van der Waals surface area contributed by atoms with Gasteiger partial charge in [-0.05, 0) is 44.9 Å². The van der Waals surface area contributed by atoms with Gasteiger partial charge in [-0.15, -0.1) is 0 Å². The van der Waals surface area contributed by atoms with Gasteiger partial charge >= 0.3 is 0 Å². The van der Waals surface area contributed by atoms with Gasteiger partial charge in [0.25, 0.3) is 5.92 Å². The summed E-state index contributed by atoms with van der Waals surface area (Å²) < 4.78 is 28.1. The zero-order valence-electron chi connectivity index (χ0n) is 20.2. The molecule has 0 unspecified atom stereocenters. The second kappa shape index (κ2) is 9.58. The van der Waals surface area contributed by atoms with Crippen LogP contribution in [0.4, 0.5) is 20.3 Å². The Hall–Kier alpha value is -2.58. The van der Waals surface area contributed by atoms with Gasteiger partial charge in [0.1, 0.15) is 12.1 Å². The topological polar surface area (TPSA) is 57.2 Å². The second-order valence-corrected chi connectivity index (χ2v) is 9.64. The number of hydrogen-bond donors (Lipinski definition) is 1. The van der Waals surface area contributed by atoms with Crippen LogP contribution in [0.2, 0.25) is 5.15 Å². The van der Waals surface area contributed by atoms with Crippen LogP contribution < -0.4 is 10.2 Å². The highest BCUT2D eigenvalue weighted by Crippen LogP contribution is 2.35. The molecule has 1 aliphatic heterocycles. The summed E-state index contributed by atoms with van der Waals surface area (Å²) in [6.07, 6.45) is 1.44. The number of piperazine rings is 1. The van der Waals surface area contributed by atoms with Gasteiger partial charge in [0, 0.05) is 44.7 Å². The van der Waals surface area contributed by atoms with E-state index in [0.717, 1.165) is 49.7 Å². The predicted molar refractivity (Wildman–Crippen MR) is 134 cm³/mol. The van der Waals surface area contributed by atoms with Crippen LogP contribution in [0.25, 0.3) is 11.0 Å². The van der Waals surface area contributed by atoms with E-state index >= 15 is 0 Å². The van der Waals surface area contributed by atoms with E-state index in [1.165, 1.54) is 12.4 Å². The molecule has 0 amide bonds. The quantitative estimate of drug-likeness (QED) is 0.442. The average Bonchev–Trinajstić information content (AvgIpc) is 2.78. The Balaban J connectivity index is 1.65. The number of anilines is 2. The van der Waals surface area contributed by atoms with Crippen molar-refractivity contribution in [3.05, 3.63) is 52.4 Å². The lowest BCUT2D eigenvalue weighted by Gasteiger charge is -2.38. The fourth-order valence-electron chi connectivity index (χ4n) is 4.65. The van der Waals surface area contributed by atoms with Crippen LogP contribution in [0.15, 0.2) is 30.6 Å². The summed E-state index contributed by atoms with van der Waals surface area (Å²) in [5.74, 6) is -2.31. The molecule has 1 saturated heterocycles. The average molecular weight is 489 g/mol. The summed E-state index contributed by atoms with van der Waals surface area (Å²) in [5.41, 5.74) is 2.73. The van der Waals surface area contributed by atoms with Crippen molar-refractivity contribution >= 4 is 34.1 Å². The second-order valence-electron chi connectivity index (χ2n) is 9.28. The molecule has 1 aromatic carbocycles. The van der Waals surface area contributed by atoms with Gasteiger partial charge in [-0.1, -0.05) is 29.8 Å². The van der Waals surface area contributed by atoms with Gasteiger partial charge in [-0.25, -0.2) is 23.7 Å². The minimum Gasteiger partial charge on any atom is -0.366 e. The third-order valence-corrected chi connectivity index (χ3v) is 6.89. The van der Waals surface area contributed by atoms with E-state index in [1.54, 1.807) is 13.0 Å². The lowest BCUT2D eigenvalue weighted by atomic mass is 9.94. The van der Waals surface area contributed by atoms with Gasteiger partial charge in [-0.2, -0.15) is 0 Å². The first-order valence-corrected chi connectivity index (χ1v) is 12.0. The molecular formula is C25H31ClF2N6.